The van der Waals surface area contributed by atoms with Gasteiger partial charge in [-0.05, 0) is 19.1 Å². The van der Waals surface area contributed by atoms with Gasteiger partial charge in [0.1, 0.15) is 5.75 Å². The lowest BCUT2D eigenvalue weighted by Gasteiger charge is -2.10. The van der Waals surface area contributed by atoms with Crippen LogP contribution < -0.4 is 15.8 Å². The van der Waals surface area contributed by atoms with E-state index in [1.165, 1.54) is 6.33 Å². The van der Waals surface area contributed by atoms with Crippen molar-refractivity contribution in [2.75, 3.05) is 24.2 Å². The van der Waals surface area contributed by atoms with Gasteiger partial charge in [0, 0.05) is 24.7 Å². The van der Waals surface area contributed by atoms with Crippen molar-refractivity contribution >= 4 is 11.4 Å². The molecule has 2 aromatic rings. The zero-order valence-electron chi connectivity index (χ0n) is 10.2. The highest BCUT2D eigenvalue weighted by Crippen LogP contribution is 2.25. The number of nitrogens with one attached hydrogen (secondary N) is 1. The number of nitrogens with two attached hydrogens (primary N) is 1. The molecule has 1 aromatic carbocycles. The summed E-state index contributed by atoms with van der Waals surface area (Å²) in [5, 5.41) is 6.79. The number of anilines is 2. The molecule has 0 radical (unpaired) electrons. The number of hydrogen-bond donors (Lipinski definition) is 2. The molecule has 1 heterocycles. The van der Waals surface area contributed by atoms with E-state index < -0.39 is 0 Å². The van der Waals surface area contributed by atoms with Crippen LogP contribution in [0.2, 0.25) is 0 Å². The maximum absolute atomic E-state index is 5.80. The van der Waals surface area contributed by atoms with Gasteiger partial charge in [-0.15, -0.1) is 0 Å². The van der Waals surface area contributed by atoms with Crippen LogP contribution in [-0.2, 0) is 6.42 Å². The molecule has 2 rings (SSSR count). The Kier molecular flexibility index (Phi) is 4.01. The summed E-state index contributed by atoms with van der Waals surface area (Å²) in [5.74, 6) is 1.31. The molecule has 18 heavy (non-hydrogen) atoms. The van der Waals surface area contributed by atoms with E-state index in [0.29, 0.717) is 36.9 Å². The Bertz CT molecular complexity index is 485. The van der Waals surface area contributed by atoms with Crippen LogP contribution in [0.5, 0.6) is 5.75 Å². The molecule has 0 spiro atoms. The average Bonchev–Trinajstić information content (AvgIpc) is 2.87. The van der Waals surface area contributed by atoms with Gasteiger partial charge in [0.05, 0.1) is 12.3 Å². The van der Waals surface area contributed by atoms with Crippen LogP contribution in [0.25, 0.3) is 0 Å². The fourth-order valence-electron chi connectivity index (χ4n) is 1.54. The molecule has 0 amide bonds. The lowest BCUT2D eigenvalue weighted by molar-refractivity contribution is 0.342. The molecule has 6 nitrogen and oxygen atoms in total. The number of benzene rings is 1. The minimum absolute atomic E-state index is 0.593. The van der Waals surface area contributed by atoms with Gasteiger partial charge in [0.25, 0.3) is 0 Å². The highest BCUT2D eigenvalue weighted by molar-refractivity contribution is 5.61. The summed E-state index contributed by atoms with van der Waals surface area (Å²) < 4.78 is 10.3. The van der Waals surface area contributed by atoms with Crippen molar-refractivity contribution in [3.8, 4) is 5.75 Å². The Balaban J connectivity index is 1.90. The topological polar surface area (TPSA) is 86.2 Å². The molecule has 0 bridgehead atoms. The molecule has 0 aliphatic rings. The Hall–Kier alpha value is -2.24. The lowest BCUT2D eigenvalue weighted by atomic mass is 10.2. The summed E-state index contributed by atoms with van der Waals surface area (Å²) in [7, 11) is 0. The summed E-state index contributed by atoms with van der Waals surface area (Å²) in [5.41, 5.74) is 7.38. The van der Waals surface area contributed by atoms with Crippen molar-refractivity contribution in [2.45, 2.75) is 13.3 Å². The fraction of sp³-hybridized carbons (Fsp3) is 0.333. The van der Waals surface area contributed by atoms with Crippen LogP contribution in [0.3, 0.4) is 0 Å². The van der Waals surface area contributed by atoms with Gasteiger partial charge in [0.15, 0.2) is 6.33 Å². The van der Waals surface area contributed by atoms with Crippen molar-refractivity contribution in [1.29, 1.82) is 0 Å². The van der Waals surface area contributed by atoms with Gasteiger partial charge in [-0.25, -0.2) is 0 Å². The summed E-state index contributed by atoms with van der Waals surface area (Å²) >= 11 is 0. The fourth-order valence-corrected chi connectivity index (χ4v) is 1.54. The van der Waals surface area contributed by atoms with Crippen LogP contribution in [0.1, 0.15) is 12.8 Å². The predicted octanol–water partition coefficient (Wildman–Crippen LogP) is 1.71. The molecule has 3 N–H and O–H groups in total. The first-order valence-corrected chi connectivity index (χ1v) is 5.81. The smallest absolute Gasteiger partial charge is 0.228 e. The minimum atomic E-state index is 0.593. The molecular formula is C12H16N4O2. The van der Waals surface area contributed by atoms with Crippen molar-refractivity contribution in [2.24, 2.45) is 0 Å². The molecule has 1 aromatic heterocycles. The van der Waals surface area contributed by atoms with Gasteiger partial charge in [-0.1, -0.05) is 5.16 Å². The second kappa shape index (κ2) is 5.90. The normalized spacial score (nSPS) is 10.3. The van der Waals surface area contributed by atoms with E-state index in [2.05, 4.69) is 15.5 Å². The number of ether oxygens (including phenoxy) is 1. The zero-order chi connectivity index (χ0) is 12.8. The van der Waals surface area contributed by atoms with Crippen LogP contribution in [0.4, 0.5) is 11.4 Å². The number of nitrogen functional groups attached to an aromatic ring is 1. The van der Waals surface area contributed by atoms with Crippen LogP contribution in [0.15, 0.2) is 29.0 Å². The summed E-state index contributed by atoms with van der Waals surface area (Å²) in [6.07, 6.45) is 2.07. The van der Waals surface area contributed by atoms with E-state index in [1.807, 2.05) is 25.1 Å². The monoisotopic (exact) mass is 248 g/mol. The van der Waals surface area contributed by atoms with E-state index in [0.717, 1.165) is 5.69 Å². The van der Waals surface area contributed by atoms with Gasteiger partial charge < -0.3 is 20.3 Å². The maximum atomic E-state index is 5.80. The molecule has 0 fully saturated rings. The largest absolute Gasteiger partial charge is 0.492 e. The second-order valence-corrected chi connectivity index (χ2v) is 3.70. The second-order valence-electron chi connectivity index (χ2n) is 3.70. The Morgan fingerprint density at radius 2 is 2.33 bits per heavy atom. The SMILES string of the molecule is CCOc1cc(NCCc2ncno2)ccc1N. The van der Waals surface area contributed by atoms with E-state index in [-0.39, 0.29) is 0 Å². The van der Waals surface area contributed by atoms with Crippen LogP contribution >= 0.6 is 0 Å². The molecule has 0 atom stereocenters. The molecular weight excluding hydrogens is 232 g/mol. The van der Waals surface area contributed by atoms with Gasteiger partial charge in [-0.2, -0.15) is 4.98 Å². The maximum Gasteiger partial charge on any atom is 0.228 e. The third-order valence-electron chi connectivity index (χ3n) is 2.39. The first-order chi connectivity index (χ1) is 8.79. The number of hydrogen-bond acceptors (Lipinski definition) is 6. The number of aromatic nitrogens is 2. The highest BCUT2D eigenvalue weighted by Gasteiger charge is 2.02. The Labute approximate surface area is 105 Å². The average molecular weight is 248 g/mol. The van der Waals surface area contributed by atoms with E-state index in [9.17, 15) is 0 Å². The molecule has 0 saturated heterocycles. The van der Waals surface area contributed by atoms with Gasteiger partial charge in [0.2, 0.25) is 5.89 Å². The molecule has 0 unspecified atom stereocenters. The number of rotatable bonds is 6. The quantitative estimate of drug-likeness (QED) is 0.757. The summed E-state index contributed by atoms with van der Waals surface area (Å²) in [6, 6.07) is 5.61. The van der Waals surface area contributed by atoms with Gasteiger partial charge in [-0.3, -0.25) is 0 Å². The molecule has 96 valence electrons. The summed E-state index contributed by atoms with van der Waals surface area (Å²) in [6.45, 7) is 3.22. The third-order valence-corrected chi connectivity index (χ3v) is 2.39. The molecule has 6 heteroatoms. The predicted molar refractivity (Wildman–Crippen MR) is 68.5 cm³/mol. The molecule has 0 aliphatic carbocycles. The first kappa shape index (κ1) is 12.2. The van der Waals surface area contributed by atoms with Crippen LogP contribution in [0, 0.1) is 0 Å². The van der Waals surface area contributed by atoms with Crippen molar-refractivity contribution < 1.29 is 9.26 Å². The highest BCUT2D eigenvalue weighted by atomic mass is 16.5. The minimum Gasteiger partial charge on any atom is -0.492 e. The first-order valence-electron chi connectivity index (χ1n) is 5.81. The third kappa shape index (κ3) is 3.13. The van der Waals surface area contributed by atoms with Crippen molar-refractivity contribution in [3.63, 3.8) is 0 Å². The zero-order valence-corrected chi connectivity index (χ0v) is 10.2. The van der Waals surface area contributed by atoms with E-state index in [4.69, 9.17) is 15.0 Å². The van der Waals surface area contributed by atoms with Crippen molar-refractivity contribution in [3.05, 3.63) is 30.4 Å². The van der Waals surface area contributed by atoms with E-state index in [1.54, 1.807) is 0 Å². The molecule has 0 saturated carbocycles. The Morgan fingerprint density at radius 1 is 1.44 bits per heavy atom. The van der Waals surface area contributed by atoms with Crippen LogP contribution in [-0.4, -0.2) is 23.3 Å². The van der Waals surface area contributed by atoms with Gasteiger partial charge >= 0.3 is 0 Å². The lowest BCUT2D eigenvalue weighted by Crippen LogP contribution is -2.06. The summed E-state index contributed by atoms with van der Waals surface area (Å²) in [4.78, 5) is 3.95. The van der Waals surface area contributed by atoms with E-state index >= 15 is 0 Å². The Morgan fingerprint density at radius 3 is 3.06 bits per heavy atom. The standard InChI is InChI=1S/C12H16N4O2/c1-2-17-11-7-9(3-4-10(11)13)14-6-5-12-15-8-16-18-12/h3-4,7-8,14H,2,5-6,13H2,1H3. The number of nitrogens with zero attached hydrogens (tertiary/aromatic N) is 2. The molecule has 0 aliphatic heterocycles. The van der Waals surface area contributed by atoms with Crippen molar-refractivity contribution in [1.82, 2.24) is 10.1 Å².